The second-order valence-corrected chi connectivity index (χ2v) is 6.64. The van der Waals surface area contributed by atoms with Gasteiger partial charge in [-0.3, -0.25) is 0 Å². The van der Waals surface area contributed by atoms with Gasteiger partial charge in [-0.2, -0.15) is 0 Å². The fraction of sp³-hybridized carbons (Fsp3) is 0.667. The van der Waals surface area contributed by atoms with Gasteiger partial charge in [0.15, 0.2) is 0 Å². The fourth-order valence-electron chi connectivity index (χ4n) is 3.62. The van der Waals surface area contributed by atoms with Gasteiger partial charge in [0.05, 0.1) is 11.4 Å². The summed E-state index contributed by atoms with van der Waals surface area (Å²) in [4.78, 5) is 5.01. The molecular weight excluding hydrogens is 272 g/mol. The number of hydrogen-bond acceptors (Lipinski definition) is 4. The van der Waals surface area contributed by atoms with Crippen LogP contribution in [0.2, 0.25) is 0 Å². The van der Waals surface area contributed by atoms with Crippen molar-refractivity contribution in [3.05, 3.63) is 23.8 Å². The molecule has 0 amide bonds. The van der Waals surface area contributed by atoms with E-state index in [1.165, 1.54) is 56.6 Å². The molecule has 0 atom stereocenters. The molecule has 22 heavy (non-hydrogen) atoms. The molecule has 1 aromatic rings. The van der Waals surface area contributed by atoms with Gasteiger partial charge in [0.25, 0.3) is 0 Å². The third kappa shape index (κ3) is 4.14. The summed E-state index contributed by atoms with van der Waals surface area (Å²) in [6.07, 6.45) is 6.31. The monoisotopic (exact) mass is 302 g/mol. The number of aryl methyl sites for hydroxylation is 1. The molecule has 2 fully saturated rings. The molecule has 0 saturated carbocycles. The van der Waals surface area contributed by atoms with E-state index in [9.17, 15) is 0 Å². The maximum Gasteiger partial charge on any atom is 0.0600 e. The van der Waals surface area contributed by atoms with Crippen molar-refractivity contribution in [2.75, 3.05) is 56.4 Å². The Bertz CT molecular complexity index is 462. The Hall–Kier alpha value is -1.26. The van der Waals surface area contributed by atoms with E-state index >= 15 is 0 Å². The van der Waals surface area contributed by atoms with Crippen molar-refractivity contribution in [2.24, 2.45) is 0 Å². The fourth-order valence-corrected chi connectivity index (χ4v) is 3.62. The van der Waals surface area contributed by atoms with Crippen LogP contribution in [-0.2, 0) is 6.42 Å². The second-order valence-electron chi connectivity index (χ2n) is 6.64. The lowest BCUT2D eigenvalue weighted by molar-refractivity contribution is 0.238. The third-order valence-electron chi connectivity index (χ3n) is 4.94. The number of piperazine rings is 1. The normalized spacial score (nSPS) is 20.3. The van der Waals surface area contributed by atoms with Crippen molar-refractivity contribution in [1.29, 1.82) is 0 Å². The van der Waals surface area contributed by atoms with Gasteiger partial charge in [-0.1, -0.05) is 6.07 Å². The van der Waals surface area contributed by atoms with Gasteiger partial charge in [0.1, 0.15) is 0 Å². The number of nitrogens with two attached hydrogens (primary N) is 1. The molecule has 3 rings (SSSR count). The minimum atomic E-state index is 0.960. The van der Waals surface area contributed by atoms with Gasteiger partial charge in [-0.25, -0.2) is 0 Å². The Morgan fingerprint density at radius 2 is 1.77 bits per heavy atom. The zero-order chi connectivity index (χ0) is 15.2. The van der Waals surface area contributed by atoms with Gasteiger partial charge < -0.3 is 20.9 Å². The second kappa shape index (κ2) is 7.84. The number of nitrogen functional groups attached to an aromatic ring is 1. The number of nitrogens with one attached hydrogen (secondary N) is 1. The summed E-state index contributed by atoms with van der Waals surface area (Å²) < 4.78 is 0. The zero-order valence-corrected chi connectivity index (χ0v) is 13.7. The Labute approximate surface area is 134 Å². The first-order valence-electron chi connectivity index (χ1n) is 8.89. The van der Waals surface area contributed by atoms with Gasteiger partial charge in [0, 0.05) is 39.3 Å². The lowest BCUT2D eigenvalue weighted by Gasteiger charge is -2.30. The van der Waals surface area contributed by atoms with Crippen LogP contribution in [0.4, 0.5) is 11.4 Å². The Morgan fingerprint density at radius 1 is 1.00 bits per heavy atom. The van der Waals surface area contributed by atoms with Crippen LogP contribution in [0.15, 0.2) is 18.2 Å². The molecule has 0 unspecified atom stereocenters. The third-order valence-corrected chi connectivity index (χ3v) is 4.94. The molecule has 2 saturated heterocycles. The van der Waals surface area contributed by atoms with E-state index in [4.69, 9.17) is 5.73 Å². The number of anilines is 2. The predicted molar refractivity (Wildman–Crippen MR) is 94.5 cm³/mol. The molecule has 2 aliphatic heterocycles. The summed E-state index contributed by atoms with van der Waals surface area (Å²) in [7, 11) is 0. The first-order valence-corrected chi connectivity index (χ1v) is 8.89. The van der Waals surface area contributed by atoms with E-state index in [0.29, 0.717) is 0 Å². The summed E-state index contributed by atoms with van der Waals surface area (Å²) in [6.45, 7) is 8.18. The highest BCUT2D eigenvalue weighted by atomic mass is 15.2. The van der Waals surface area contributed by atoms with Crippen molar-refractivity contribution in [3.8, 4) is 0 Å². The van der Waals surface area contributed by atoms with Crippen molar-refractivity contribution in [3.63, 3.8) is 0 Å². The first kappa shape index (κ1) is 15.6. The molecule has 3 N–H and O–H groups in total. The van der Waals surface area contributed by atoms with E-state index in [1.807, 2.05) is 0 Å². The van der Waals surface area contributed by atoms with Crippen LogP contribution in [0.25, 0.3) is 0 Å². The first-order chi connectivity index (χ1) is 10.8. The minimum Gasteiger partial charge on any atom is -0.397 e. The lowest BCUT2D eigenvalue weighted by Crippen LogP contribution is -2.43. The van der Waals surface area contributed by atoms with Crippen molar-refractivity contribution < 1.29 is 0 Å². The van der Waals surface area contributed by atoms with Gasteiger partial charge in [-0.15, -0.1) is 0 Å². The molecule has 4 nitrogen and oxygen atoms in total. The Balaban J connectivity index is 1.50. The molecule has 0 radical (unpaired) electrons. The van der Waals surface area contributed by atoms with Crippen LogP contribution in [0.5, 0.6) is 0 Å². The van der Waals surface area contributed by atoms with E-state index in [2.05, 4.69) is 33.3 Å². The summed E-state index contributed by atoms with van der Waals surface area (Å²) in [5.41, 5.74) is 9.89. The summed E-state index contributed by atoms with van der Waals surface area (Å²) in [6, 6.07) is 6.71. The molecule has 2 heterocycles. The number of rotatable bonds is 5. The molecule has 0 aromatic heterocycles. The van der Waals surface area contributed by atoms with E-state index in [0.717, 1.165) is 38.3 Å². The van der Waals surface area contributed by atoms with E-state index in [1.54, 1.807) is 0 Å². The number of piperidine rings is 1. The smallest absolute Gasteiger partial charge is 0.0600 e. The quantitative estimate of drug-likeness (QED) is 0.818. The molecule has 0 spiro atoms. The maximum atomic E-state index is 6.31. The molecular formula is C18H30N4. The highest BCUT2D eigenvalue weighted by Gasteiger charge is 2.14. The van der Waals surface area contributed by atoms with E-state index in [-0.39, 0.29) is 0 Å². The standard InChI is InChI=1S/C18H30N4/c19-17-15-16(5-4-10-21-13-8-20-9-14-21)6-7-18(17)22-11-2-1-3-12-22/h6-7,15,20H,1-5,8-14,19H2. The van der Waals surface area contributed by atoms with E-state index < -0.39 is 0 Å². The minimum absolute atomic E-state index is 0.960. The van der Waals surface area contributed by atoms with Gasteiger partial charge >= 0.3 is 0 Å². The van der Waals surface area contributed by atoms with Crippen molar-refractivity contribution >= 4 is 11.4 Å². The van der Waals surface area contributed by atoms with Crippen LogP contribution in [0.3, 0.4) is 0 Å². The zero-order valence-electron chi connectivity index (χ0n) is 13.7. The number of benzene rings is 1. The predicted octanol–water partition coefficient (Wildman–Crippen LogP) is 2.10. The topological polar surface area (TPSA) is 44.5 Å². The highest BCUT2D eigenvalue weighted by molar-refractivity contribution is 5.68. The largest absolute Gasteiger partial charge is 0.397 e. The Morgan fingerprint density at radius 3 is 2.50 bits per heavy atom. The lowest BCUT2D eigenvalue weighted by atomic mass is 10.1. The molecule has 0 bridgehead atoms. The van der Waals surface area contributed by atoms with Crippen molar-refractivity contribution in [1.82, 2.24) is 10.2 Å². The summed E-state index contributed by atoms with van der Waals surface area (Å²) >= 11 is 0. The molecule has 4 heteroatoms. The highest BCUT2D eigenvalue weighted by Crippen LogP contribution is 2.27. The Kier molecular flexibility index (Phi) is 5.57. The summed E-state index contributed by atoms with van der Waals surface area (Å²) in [5, 5.41) is 3.40. The number of nitrogens with zero attached hydrogens (tertiary/aromatic N) is 2. The summed E-state index contributed by atoms with van der Waals surface area (Å²) in [5.74, 6) is 0. The average molecular weight is 302 g/mol. The van der Waals surface area contributed by atoms with Crippen LogP contribution in [0, 0.1) is 0 Å². The van der Waals surface area contributed by atoms with Crippen molar-refractivity contribution in [2.45, 2.75) is 32.1 Å². The van der Waals surface area contributed by atoms with Crippen LogP contribution in [0.1, 0.15) is 31.2 Å². The van der Waals surface area contributed by atoms with Gasteiger partial charge in [0.2, 0.25) is 0 Å². The molecule has 0 aliphatic carbocycles. The number of hydrogen-bond donors (Lipinski definition) is 2. The maximum absolute atomic E-state index is 6.31. The SMILES string of the molecule is Nc1cc(CCCN2CCNCC2)ccc1N1CCCCC1. The average Bonchev–Trinajstić information content (AvgIpc) is 2.57. The molecule has 2 aliphatic rings. The molecule has 122 valence electrons. The molecule has 1 aromatic carbocycles. The van der Waals surface area contributed by atoms with Gasteiger partial charge in [-0.05, 0) is 56.3 Å². The van der Waals surface area contributed by atoms with Crippen LogP contribution >= 0.6 is 0 Å². The van der Waals surface area contributed by atoms with Crippen LogP contribution < -0.4 is 16.0 Å². The van der Waals surface area contributed by atoms with Crippen LogP contribution in [-0.4, -0.2) is 50.7 Å².